The van der Waals surface area contributed by atoms with E-state index in [1.54, 1.807) is 7.05 Å². The van der Waals surface area contributed by atoms with Gasteiger partial charge in [0.05, 0.1) is 6.61 Å². The minimum absolute atomic E-state index is 0.0217. The molecule has 5 nitrogen and oxygen atoms in total. The number of hydrogen-bond donors (Lipinski definition) is 1. The third-order valence-corrected chi connectivity index (χ3v) is 4.17. The van der Waals surface area contributed by atoms with Crippen LogP contribution in [-0.2, 0) is 10.2 Å². The summed E-state index contributed by atoms with van der Waals surface area (Å²) in [6, 6.07) is 5.76. The van der Waals surface area contributed by atoms with Crippen molar-refractivity contribution < 1.29 is 14.3 Å². The Kier molecular flexibility index (Phi) is 2.67. The van der Waals surface area contributed by atoms with Crippen LogP contribution in [0.2, 0.25) is 0 Å². The van der Waals surface area contributed by atoms with Crippen molar-refractivity contribution in [2.45, 2.75) is 25.0 Å². The fourth-order valence-electron chi connectivity index (χ4n) is 3.12. The SMILES string of the molecule is CNC(=O)Oc1ccc2c(c1)[C@@]1(C)CCO[C@H]1N2C. The lowest BCUT2D eigenvalue weighted by molar-refractivity contribution is 0.0920. The van der Waals surface area contributed by atoms with Gasteiger partial charge in [-0.15, -0.1) is 0 Å². The molecule has 102 valence electrons. The van der Waals surface area contributed by atoms with Gasteiger partial charge in [-0.2, -0.15) is 0 Å². The Morgan fingerprint density at radius 2 is 2.37 bits per heavy atom. The van der Waals surface area contributed by atoms with Gasteiger partial charge in [-0.25, -0.2) is 4.79 Å². The smallest absolute Gasteiger partial charge is 0.410 e. The van der Waals surface area contributed by atoms with Crippen molar-refractivity contribution in [3.63, 3.8) is 0 Å². The normalized spacial score (nSPS) is 27.9. The molecule has 1 amide bonds. The van der Waals surface area contributed by atoms with E-state index in [0.717, 1.165) is 18.7 Å². The number of carbonyl (C=O) groups is 1. The van der Waals surface area contributed by atoms with Crippen LogP contribution in [-0.4, -0.2) is 33.0 Å². The molecule has 0 radical (unpaired) electrons. The lowest BCUT2D eigenvalue weighted by Crippen LogP contribution is -2.37. The Morgan fingerprint density at radius 1 is 1.58 bits per heavy atom. The molecule has 2 aliphatic heterocycles. The molecular formula is C14H18N2O3. The zero-order chi connectivity index (χ0) is 13.6. The van der Waals surface area contributed by atoms with E-state index in [-0.39, 0.29) is 11.6 Å². The monoisotopic (exact) mass is 262 g/mol. The van der Waals surface area contributed by atoms with Crippen LogP contribution < -0.4 is 15.0 Å². The van der Waals surface area contributed by atoms with Crippen LogP contribution in [0.1, 0.15) is 18.9 Å². The second-order valence-corrected chi connectivity index (χ2v) is 5.32. The van der Waals surface area contributed by atoms with E-state index < -0.39 is 6.09 Å². The van der Waals surface area contributed by atoms with Crippen LogP contribution >= 0.6 is 0 Å². The largest absolute Gasteiger partial charge is 0.412 e. The number of ether oxygens (including phenoxy) is 2. The number of nitrogens with zero attached hydrogens (tertiary/aromatic N) is 1. The Labute approximate surface area is 112 Å². The molecule has 2 aliphatic rings. The summed E-state index contributed by atoms with van der Waals surface area (Å²) < 4.78 is 11.0. The molecule has 0 saturated carbocycles. The van der Waals surface area contributed by atoms with Gasteiger partial charge in [-0.1, -0.05) is 6.92 Å². The van der Waals surface area contributed by atoms with Crippen LogP contribution in [0.3, 0.4) is 0 Å². The van der Waals surface area contributed by atoms with Gasteiger partial charge in [0, 0.05) is 25.2 Å². The van der Waals surface area contributed by atoms with Crippen LogP contribution in [0.5, 0.6) is 5.75 Å². The van der Waals surface area contributed by atoms with Gasteiger partial charge in [0.25, 0.3) is 0 Å². The predicted octanol–water partition coefficient (Wildman–Crippen LogP) is 1.86. The van der Waals surface area contributed by atoms with Gasteiger partial charge in [-0.05, 0) is 30.2 Å². The summed E-state index contributed by atoms with van der Waals surface area (Å²) in [7, 11) is 3.59. The third-order valence-electron chi connectivity index (χ3n) is 4.17. The molecule has 1 fully saturated rings. The van der Waals surface area contributed by atoms with E-state index in [4.69, 9.17) is 9.47 Å². The van der Waals surface area contributed by atoms with E-state index in [1.807, 2.05) is 25.2 Å². The summed E-state index contributed by atoms with van der Waals surface area (Å²) in [6.45, 7) is 2.97. The second kappa shape index (κ2) is 4.13. The second-order valence-electron chi connectivity index (χ2n) is 5.32. The van der Waals surface area contributed by atoms with E-state index in [0.29, 0.717) is 5.75 Å². The molecule has 0 spiro atoms. The molecule has 1 aromatic rings. The van der Waals surface area contributed by atoms with Gasteiger partial charge in [0.15, 0.2) is 0 Å². The lowest BCUT2D eigenvalue weighted by atomic mass is 9.82. The summed E-state index contributed by atoms with van der Waals surface area (Å²) in [6.07, 6.45) is 0.617. The zero-order valence-corrected chi connectivity index (χ0v) is 11.4. The highest BCUT2D eigenvalue weighted by Crippen LogP contribution is 2.51. The summed E-state index contributed by atoms with van der Waals surface area (Å²) >= 11 is 0. The molecule has 2 heterocycles. The molecule has 0 bridgehead atoms. The topological polar surface area (TPSA) is 50.8 Å². The minimum atomic E-state index is -0.448. The molecule has 0 unspecified atom stereocenters. The molecule has 1 saturated heterocycles. The van der Waals surface area contributed by atoms with Crippen molar-refractivity contribution in [1.82, 2.24) is 5.32 Å². The lowest BCUT2D eigenvalue weighted by Gasteiger charge is -2.26. The highest BCUT2D eigenvalue weighted by atomic mass is 16.6. The van der Waals surface area contributed by atoms with Crippen LogP contribution in [0, 0.1) is 0 Å². The van der Waals surface area contributed by atoms with Crippen LogP contribution in [0.15, 0.2) is 18.2 Å². The number of hydrogen-bond acceptors (Lipinski definition) is 4. The predicted molar refractivity (Wildman–Crippen MR) is 71.6 cm³/mol. The van der Waals surface area contributed by atoms with Gasteiger partial charge >= 0.3 is 6.09 Å². The van der Waals surface area contributed by atoms with Crippen LogP contribution in [0.25, 0.3) is 0 Å². The fourth-order valence-corrected chi connectivity index (χ4v) is 3.12. The minimum Gasteiger partial charge on any atom is -0.410 e. The number of carbonyl (C=O) groups excluding carboxylic acids is 1. The summed E-state index contributed by atoms with van der Waals surface area (Å²) in [5.41, 5.74) is 2.32. The van der Waals surface area contributed by atoms with Gasteiger partial charge < -0.3 is 19.7 Å². The maximum Gasteiger partial charge on any atom is 0.412 e. The Hall–Kier alpha value is -1.75. The third kappa shape index (κ3) is 1.69. The van der Waals surface area contributed by atoms with Crippen molar-refractivity contribution in [3.05, 3.63) is 23.8 Å². The Bertz CT molecular complexity index is 531. The van der Waals surface area contributed by atoms with E-state index in [2.05, 4.69) is 17.1 Å². The number of benzene rings is 1. The number of amides is 1. The fraction of sp³-hybridized carbons (Fsp3) is 0.500. The molecule has 3 rings (SSSR count). The molecule has 0 aromatic heterocycles. The molecule has 19 heavy (non-hydrogen) atoms. The van der Waals surface area contributed by atoms with Crippen molar-refractivity contribution in [1.29, 1.82) is 0 Å². The van der Waals surface area contributed by atoms with E-state index in [1.165, 1.54) is 5.56 Å². The van der Waals surface area contributed by atoms with E-state index in [9.17, 15) is 4.79 Å². The summed E-state index contributed by atoms with van der Waals surface area (Å²) in [5.74, 6) is 0.570. The molecular weight excluding hydrogens is 244 g/mol. The molecule has 5 heteroatoms. The maximum atomic E-state index is 11.3. The molecule has 2 atom stereocenters. The highest BCUT2D eigenvalue weighted by Gasteiger charge is 2.50. The van der Waals surface area contributed by atoms with Crippen molar-refractivity contribution in [2.24, 2.45) is 0 Å². The van der Waals surface area contributed by atoms with Crippen LogP contribution in [0.4, 0.5) is 10.5 Å². The number of rotatable bonds is 1. The number of likely N-dealkylation sites (N-methyl/N-ethyl adjacent to an activating group) is 1. The summed E-state index contributed by atoms with van der Waals surface area (Å²) in [4.78, 5) is 13.4. The quantitative estimate of drug-likeness (QED) is 0.839. The first kappa shape index (κ1) is 12.3. The maximum absolute atomic E-state index is 11.3. The Balaban J connectivity index is 1.99. The molecule has 1 N–H and O–H groups in total. The zero-order valence-electron chi connectivity index (χ0n) is 11.4. The summed E-state index contributed by atoms with van der Waals surface area (Å²) in [5, 5.41) is 2.45. The number of anilines is 1. The van der Waals surface area contributed by atoms with Crippen molar-refractivity contribution in [2.75, 3.05) is 25.6 Å². The first-order chi connectivity index (χ1) is 9.06. The molecule has 0 aliphatic carbocycles. The number of nitrogens with one attached hydrogen (secondary N) is 1. The first-order valence-corrected chi connectivity index (χ1v) is 6.45. The average molecular weight is 262 g/mol. The van der Waals surface area contributed by atoms with E-state index >= 15 is 0 Å². The van der Waals surface area contributed by atoms with Gasteiger partial charge in [0.2, 0.25) is 0 Å². The first-order valence-electron chi connectivity index (χ1n) is 6.45. The number of fused-ring (bicyclic) bond motifs is 3. The van der Waals surface area contributed by atoms with Crippen molar-refractivity contribution in [3.8, 4) is 5.75 Å². The average Bonchev–Trinajstić information content (AvgIpc) is 2.88. The van der Waals surface area contributed by atoms with Crippen molar-refractivity contribution >= 4 is 11.8 Å². The molecule has 1 aromatic carbocycles. The van der Waals surface area contributed by atoms with Gasteiger partial charge in [-0.3, -0.25) is 0 Å². The Morgan fingerprint density at radius 3 is 3.11 bits per heavy atom. The standard InChI is InChI=1S/C14H18N2O3/c1-14-6-7-18-12(14)16(3)11-5-4-9(8-10(11)14)19-13(17)15-2/h4-5,8,12H,6-7H2,1-3H3,(H,15,17)/t12-,14-/m1/s1. The highest BCUT2D eigenvalue weighted by molar-refractivity contribution is 5.72. The van der Waals surface area contributed by atoms with Gasteiger partial charge in [0.1, 0.15) is 12.0 Å².